The van der Waals surface area contributed by atoms with Gasteiger partial charge in [-0.1, -0.05) is 22.5 Å². The lowest BCUT2D eigenvalue weighted by Gasteiger charge is -2.14. The molecule has 1 heterocycles. The molecule has 6 heteroatoms. The maximum absolute atomic E-state index is 11.7. The summed E-state index contributed by atoms with van der Waals surface area (Å²) in [7, 11) is 0. The summed E-state index contributed by atoms with van der Waals surface area (Å²) in [6, 6.07) is 2.33. The van der Waals surface area contributed by atoms with E-state index >= 15 is 0 Å². The summed E-state index contributed by atoms with van der Waals surface area (Å²) in [6.07, 6.45) is 3.25. The van der Waals surface area contributed by atoms with E-state index in [1.165, 1.54) is 12.4 Å². The Bertz CT molecular complexity index is 434. The minimum atomic E-state index is -0.775. The van der Waals surface area contributed by atoms with Crippen molar-refractivity contribution in [2.45, 2.75) is 12.5 Å². The smallest absolute Gasteiger partial charge is 0.252 e. The van der Waals surface area contributed by atoms with E-state index in [9.17, 15) is 9.59 Å². The normalized spacial score (nSPS) is 11.6. The minimum absolute atomic E-state index is 0.256. The quantitative estimate of drug-likeness (QED) is 0.849. The molecule has 1 aromatic rings. The molecule has 0 aliphatic heterocycles. The Morgan fingerprint density at radius 2 is 2.06 bits per heavy atom. The van der Waals surface area contributed by atoms with E-state index in [1.54, 1.807) is 12.1 Å². The zero-order valence-corrected chi connectivity index (χ0v) is 10.6. The predicted octanol–water partition coefficient (Wildman–Crippen LogP) is 0.964. The lowest BCUT2D eigenvalue weighted by Crippen LogP contribution is -2.44. The van der Waals surface area contributed by atoms with Gasteiger partial charge in [0, 0.05) is 24.4 Å². The molecule has 17 heavy (non-hydrogen) atoms. The number of hydrogen-bond acceptors (Lipinski definition) is 3. The minimum Gasteiger partial charge on any atom is -0.368 e. The summed E-state index contributed by atoms with van der Waals surface area (Å²) in [6.45, 7) is 3.60. The van der Waals surface area contributed by atoms with E-state index < -0.39 is 11.9 Å². The number of carbonyl (C=O) groups excluding carboxylic acids is 2. The van der Waals surface area contributed by atoms with Gasteiger partial charge in [-0.3, -0.25) is 14.6 Å². The number of carbonyl (C=O) groups is 2. The Kier molecular flexibility index (Phi) is 4.84. The van der Waals surface area contributed by atoms with Crippen LogP contribution in [0.15, 0.2) is 35.6 Å². The fourth-order valence-corrected chi connectivity index (χ4v) is 1.51. The summed E-state index contributed by atoms with van der Waals surface area (Å²) in [5.41, 5.74) is 5.61. The van der Waals surface area contributed by atoms with Crippen LogP contribution in [0.5, 0.6) is 0 Å². The number of nitrogens with zero attached hydrogens (tertiary/aromatic N) is 1. The Labute approximate surface area is 107 Å². The second kappa shape index (κ2) is 6.15. The Balaban J connectivity index is 2.71. The maximum atomic E-state index is 11.7. The first-order chi connectivity index (χ1) is 8.00. The van der Waals surface area contributed by atoms with E-state index in [0.29, 0.717) is 10.0 Å². The van der Waals surface area contributed by atoms with Gasteiger partial charge in [0.25, 0.3) is 5.91 Å². The molecule has 0 radical (unpaired) electrons. The third kappa shape index (κ3) is 4.36. The van der Waals surface area contributed by atoms with Crippen molar-refractivity contribution in [3.8, 4) is 0 Å². The first kappa shape index (κ1) is 13.4. The van der Waals surface area contributed by atoms with E-state index in [2.05, 4.69) is 32.8 Å². The highest BCUT2D eigenvalue weighted by molar-refractivity contribution is 9.11. The van der Waals surface area contributed by atoms with Gasteiger partial charge in [-0.2, -0.15) is 0 Å². The molecule has 0 saturated heterocycles. The third-order valence-corrected chi connectivity index (χ3v) is 2.34. The number of nitrogens with one attached hydrogen (secondary N) is 1. The van der Waals surface area contributed by atoms with Crippen LogP contribution in [-0.2, 0) is 4.79 Å². The topological polar surface area (TPSA) is 85.1 Å². The number of aromatic nitrogens is 1. The lowest BCUT2D eigenvalue weighted by atomic mass is 10.1. The van der Waals surface area contributed by atoms with Crippen LogP contribution in [0.3, 0.4) is 0 Å². The van der Waals surface area contributed by atoms with E-state index in [-0.39, 0.29) is 12.3 Å². The lowest BCUT2D eigenvalue weighted by molar-refractivity contribution is -0.119. The molecule has 0 fully saturated rings. The molecule has 0 aromatic carbocycles. The van der Waals surface area contributed by atoms with Crippen LogP contribution in [0.4, 0.5) is 0 Å². The van der Waals surface area contributed by atoms with Crippen molar-refractivity contribution in [3.63, 3.8) is 0 Å². The molecule has 5 nitrogen and oxygen atoms in total. The van der Waals surface area contributed by atoms with Gasteiger partial charge in [-0.25, -0.2) is 0 Å². The van der Waals surface area contributed by atoms with Crippen molar-refractivity contribution in [1.29, 1.82) is 0 Å². The molecule has 0 saturated carbocycles. The van der Waals surface area contributed by atoms with Crippen LogP contribution in [0.2, 0.25) is 0 Å². The summed E-state index contributed by atoms with van der Waals surface area (Å²) < 4.78 is 0.594. The molecule has 90 valence electrons. The summed E-state index contributed by atoms with van der Waals surface area (Å²) >= 11 is 3.13. The standard InChI is InChI=1S/C11H12BrN3O2/c1-7(12)6-9(10(13)16)15-11(17)8-2-4-14-5-3-8/h2-5,9H,1,6H2,(H2,13,16)(H,15,17)/t9-/m1/s1. The van der Waals surface area contributed by atoms with Gasteiger partial charge >= 0.3 is 0 Å². The number of nitrogens with two attached hydrogens (primary N) is 1. The van der Waals surface area contributed by atoms with Crippen LogP contribution >= 0.6 is 15.9 Å². The van der Waals surface area contributed by atoms with Crippen LogP contribution < -0.4 is 11.1 Å². The molecule has 0 bridgehead atoms. The number of pyridine rings is 1. The first-order valence-corrected chi connectivity index (χ1v) is 5.63. The second-order valence-electron chi connectivity index (χ2n) is 3.39. The number of halogens is 1. The fourth-order valence-electron chi connectivity index (χ4n) is 1.19. The highest BCUT2D eigenvalue weighted by Gasteiger charge is 2.19. The summed E-state index contributed by atoms with van der Waals surface area (Å²) in [4.78, 5) is 26.7. The summed E-state index contributed by atoms with van der Waals surface area (Å²) in [5.74, 6) is -0.974. The maximum Gasteiger partial charge on any atom is 0.252 e. The SMILES string of the molecule is C=C(Br)C[C@@H](NC(=O)c1ccncc1)C(N)=O. The van der Waals surface area contributed by atoms with Crippen molar-refractivity contribution >= 4 is 27.7 Å². The molecule has 0 unspecified atom stereocenters. The molecule has 2 amide bonds. The van der Waals surface area contributed by atoms with Gasteiger partial charge in [-0.05, 0) is 16.6 Å². The van der Waals surface area contributed by atoms with Crippen LogP contribution in [0.1, 0.15) is 16.8 Å². The molecule has 0 spiro atoms. The van der Waals surface area contributed by atoms with Crippen molar-refractivity contribution in [3.05, 3.63) is 41.2 Å². The zero-order chi connectivity index (χ0) is 12.8. The first-order valence-electron chi connectivity index (χ1n) is 4.84. The number of amides is 2. The van der Waals surface area contributed by atoms with Crippen LogP contribution in [0.25, 0.3) is 0 Å². The average molecular weight is 298 g/mol. The van der Waals surface area contributed by atoms with Crippen molar-refractivity contribution in [1.82, 2.24) is 10.3 Å². The molecule has 1 rings (SSSR count). The number of rotatable bonds is 5. The van der Waals surface area contributed by atoms with Crippen LogP contribution in [-0.4, -0.2) is 22.8 Å². The molecular formula is C11H12BrN3O2. The van der Waals surface area contributed by atoms with Crippen molar-refractivity contribution < 1.29 is 9.59 Å². The van der Waals surface area contributed by atoms with E-state index in [4.69, 9.17) is 5.73 Å². The predicted molar refractivity (Wildman–Crippen MR) is 67.4 cm³/mol. The van der Waals surface area contributed by atoms with Crippen LogP contribution in [0, 0.1) is 0 Å². The highest BCUT2D eigenvalue weighted by Crippen LogP contribution is 2.10. The van der Waals surface area contributed by atoms with Gasteiger partial charge in [0.05, 0.1) is 0 Å². The highest BCUT2D eigenvalue weighted by atomic mass is 79.9. The molecule has 1 aromatic heterocycles. The van der Waals surface area contributed by atoms with E-state index in [1.807, 2.05) is 0 Å². The van der Waals surface area contributed by atoms with Gasteiger partial charge < -0.3 is 11.1 Å². The average Bonchev–Trinajstić information content (AvgIpc) is 2.28. The third-order valence-electron chi connectivity index (χ3n) is 2.02. The van der Waals surface area contributed by atoms with Gasteiger partial charge in [0.15, 0.2) is 0 Å². The fraction of sp³-hybridized carbons (Fsp3) is 0.182. The molecule has 0 aliphatic rings. The molecule has 0 aliphatic carbocycles. The Morgan fingerprint density at radius 3 is 2.53 bits per heavy atom. The Morgan fingerprint density at radius 1 is 1.47 bits per heavy atom. The monoisotopic (exact) mass is 297 g/mol. The molecule has 3 N–H and O–H groups in total. The molecule has 1 atom stereocenters. The van der Waals surface area contributed by atoms with Gasteiger partial charge in [0.1, 0.15) is 6.04 Å². The summed E-state index contributed by atoms with van der Waals surface area (Å²) in [5, 5.41) is 2.53. The Hall–Kier alpha value is -1.69. The zero-order valence-electron chi connectivity index (χ0n) is 9.02. The van der Waals surface area contributed by atoms with Crippen molar-refractivity contribution in [2.75, 3.05) is 0 Å². The number of primary amides is 1. The van der Waals surface area contributed by atoms with E-state index in [0.717, 1.165) is 0 Å². The molecular weight excluding hydrogens is 286 g/mol. The van der Waals surface area contributed by atoms with Gasteiger partial charge in [0.2, 0.25) is 5.91 Å². The van der Waals surface area contributed by atoms with Gasteiger partial charge in [-0.15, -0.1) is 0 Å². The second-order valence-corrected chi connectivity index (χ2v) is 4.51. The number of hydrogen-bond donors (Lipinski definition) is 2. The largest absolute Gasteiger partial charge is 0.368 e. The van der Waals surface area contributed by atoms with Crippen molar-refractivity contribution in [2.24, 2.45) is 5.73 Å².